The summed E-state index contributed by atoms with van der Waals surface area (Å²) in [5.74, 6) is -0.224. The molecule has 2 atom stereocenters. The zero-order valence-corrected chi connectivity index (χ0v) is 18.0. The Labute approximate surface area is 187 Å². The van der Waals surface area contributed by atoms with Gasteiger partial charge in [-0.3, -0.25) is 0 Å². The highest BCUT2D eigenvalue weighted by atomic mass is 35.5. The first-order valence-electron chi connectivity index (χ1n) is 9.46. The molecule has 158 valence electrons. The van der Waals surface area contributed by atoms with E-state index in [1.807, 2.05) is 6.92 Å². The van der Waals surface area contributed by atoms with Crippen molar-refractivity contribution in [3.63, 3.8) is 0 Å². The van der Waals surface area contributed by atoms with E-state index in [2.05, 4.69) is 20.6 Å². The number of rotatable bonds is 4. The zero-order chi connectivity index (χ0) is 22.0. The van der Waals surface area contributed by atoms with Crippen molar-refractivity contribution in [1.82, 2.24) is 15.3 Å². The van der Waals surface area contributed by atoms with Crippen LogP contribution in [0.25, 0.3) is 11.3 Å². The van der Waals surface area contributed by atoms with Crippen molar-refractivity contribution in [3.05, 3.63) is 81.4 Å². The zero-order valence-electron chi connectivity index (χ0n) is 16.5. The number of aromatic nitrogens is 2. The number of allylic oxidation sites excluding steroid dienone is 4. The second-order valence-corrected chi connectivity index (χ2v) is 8.61. The Bertz CT molecular complexity index is 1170. The lowest BCUT2D eigenvalue weighted by atomic mass is 9.92. The van der Waals surface area contributed by atoms with Gasteiger partial charge in [-0.05, 0) is 49.4 Å². The number of thiazole rings is 1. The third-order valence-corrected chi connectivity index (χ3v) is 6.01. The molecule has 31 heavy (non-hydrogen) atoms. The molecule has 0 fully saturated rings. The number of nitrogens with two attached hydrogens (primary N) is 1. The Morgan fingerprint density at radius 2 is 2.00 bits per heavy atom. The average molecular weight is 456 g/mol. The van der Waals surface area contributed by atoms with Crippen LogP contribution in [0.4, 0.5) is 20.7 Å². The van der Waals surface area contributed by atoms with E-state index in [1.54, 1.807) is 60.8 Å². The number of nitrogens with one attached hydrogen (secondary N) is 2. The van der Waals surface area contributed by atoms with Crippen molar-refractivity contribution in [2.45, 2.75) is 19.0 Å². The van der Waals surface area contributed by atoms with Gasteiger partial charge in [-0.2, -0.15) is 0 Å². The van der Waals surface area contributed by atoms with E-state index in [1.165, 1.54) is 11.3 Å². The van der Waals surface area contributed by atoms with Crippen molar-refractivity contribution >= 4 is 40.5 Å². The first-order chi connectivity index (χ1) is 14.9. The summed E-state index contributed by atoms with van der Waals surface area (Å²) in [7, 11) is 0. The number of nitrogens with zero attached hydrogens (tertiary/aromatic N) is 2. The molecule has 0 radical (unpaired) electrons. The van der Waals surface area contributed by atoms with E-state index in [9.17, 15) is 4.79 Å². The summed E-state index contributed by atoms with van der Waals surface area (Å²) in [6.07, 6.45) is 5.21. The Morgan fingerprint density at radius 3 is 2.74 bits per heavy atom. The van der Waals surface area contributed by atoms with E-state index in [0.717, 1.165) is 15.4 Å². The number of nitrogen functional groups attached to an aromatic ring is 1. The number of anilines is 2. The predicted molar refractivity (Wildman–Crippen MR) is 123 cm³/mol. The van der Waals surface area contributed by atoms with Crippen LogP contribution in [0, 0.1) is 6.92 Å². The molecule has 1 aromatic carbocycles. The molecule has 0 saturated heterocycles. The second-order valence-electron chi connectivity index (χ2n) is 6.94. The fourth-order valence-corrected chi connectivity index (χ4v) is 4.47. The summed E-state index contributed by atoms with van der Waals surface area (Å²) >= 11 is 7.27. The summed E-state index contributed by atoms with van der Waals surface area (Å²) in [5, 5.41) is 6.65. The van der Waals surface area contributed by atoms with E-state index < -0.39 is 18.1 Å². The largest absolute Gasteiger partial charge is 0.384 e. The van der Waals surface area contributed by atoms with Gasteiger partial charge in [0, 0.05) is 27.3 Å². The minimum absolute atomic E-state index is 0.171. The van der Waals surface area contributed by atoms with Crippen LogP contribution in [-0.2, 0) is 0 Å². The van der Waals surface area contributed by atoms with Gasteiger partial charge in [-0.15, -0.1) is 11.3 Å². The van der Waals surface area contributed by atoms with Gasteiger partial charge in [-0.25, -0.2) is 19.2 Å². The lowest BCUT2D eigenvalue weighted by molar-refractivity contribution is 0.250. The van der Waals surface area contributed by atoms with E-state index in [0.29, 0.717) is 22.2 Å². The maximum Gasteiger partial charge on any atom is 0.323 e. The Hall–Kier alpha value is -3.23. The molecule has 2 amide bonds. The summed E-state index contributed by atoms with van der Waals surface area (Å²) < 4.78 is 15.5. The Balaban J connectivity index is 1.53. The third kappa shape index (κ3) is 4.76. The van der Waals surface area contributed by atoms with Crippen LogP contribution in [0.2, 0.25) is 5.02 Å². The van der Waals surface area contributed by atoms with Gasteiger partial charge < -0.3 is 16.4 Å². The highest BCUT2D eigenvalue weighted by molar-refractivity contribution is 7.12. The van der Waals surface area contributed by atoms with Crippen molar-refractivity contribution in [3.8, 4) is 11.3 Å². The molecular weight excluding hydrogens is 437 g/mol. The summed E-state index contributed by atoms with van der Waals surface area (Å²) in [4.78, 5) is 21.7. The molecule has 9 heteroatoms. The first-order valence-corrected chi connectivity index (χ1v) is 10.7. The lowest BCUT2D eigenvalue weighted by Gasteiger charge is -2.24. The minimum atomic E-state index is -1.45. The van der Waals surface area contributed by atoms with Gasteiger partial charge in [0.05, 0.1) is 22.3 Å². The number of halogens is 2. The van der Waals surface area contributed by atoms with Gasteiger partial charge in [0.1, 0.15) is 5.82 Å². The number of amides is 2. The number of pyridine rings is 1. The normalized spacial score (nSPS) is 17.8. The van der Waals surface area contributed by atoms with Gasteiger partial charge >= 0.3 is 6.03 Å². The van der Waals surface area contributed by atoms with Gasteiger partial charge in [0.15, 0.2) is 6.17 Å². The molecule has 0 spiro atoms. The number of hydrogen-bond donors (Lipinski definition) is 3. The first kappa shape index (κ1) is 21.0. The Kier molecular flexibility index (Phi) is 6.01. The maximum atomic E-state index is 15.5. The second kappa shape index (κ2) is 8.87. The van der Waals surface area contributed by atoms with Crippen molar-refractivity contribution < 1.29 is 9.18 Å². The number of carbonyl (C=O) groups excluding carboxylic acids is 1. The average Bonchev–Trinajstić information content (AvgIpc) is 3.13. The molecule has 1 aliphatic rings. The molecule has 0 bridgehead atoms. The molecule has 2 unspecified atom stereocenters. The lowest BCUT2D eigenvalue weighted by Crippen LogP contribution is -2.34. The van der Waals surface area contributed by atoms with Gasteiger partial charge in [0.2, 0.25) is 0 Å². The summed E-state index contributed by atoms with van der Waals surface area (Å²) in [6, 6.07) is 9.63. The van der Waals surface area contributed by atoms with E-state index >= 15 is 4.39 Å². The standard InChI is InChI=1S/C22H19ClFN5OS/c1-12-27-20(13-9-10-26-18(25)11-13)21(31-12)16-3-2-4-17(19(16)24)29-22(30)28-15-7-5-14(23)6-8-15/h2-11,16,19H,1H3,(H2,25,26)(H2,28,29,30). The minimum Gasteiger partial charge on any atom is -0.384 e. The molecule has 0 saturated carbocycles. The van der Waals surface area contributed by atoms with Crippen molar-refractivity contribution in [2.24, 2.45) is 0 Å². The topological polar surface area (TPSA) is 92.9 Å². The SMILES string of the molecule is Cc1nc(-c2ccnc(N)c2)c(C2C=CC=C(NC(=O)Nc3ccc(Cl)cc3)C2F)s1. The summed E-state index contributed by atoms with van der Waals surface area (Å²) in [6.45, 7) is 1.87. The number of hydrogen-bond acceptors (Lipinski definition) is 5. The molecule has 3 aromatic rings. The quantitative estimate of drug-likeness (QED) is 0.488. The van der Waals surface area contributed by atoms with Gasteiger partial charge in [0.25, 0.3) is 0 Å². The van der Waals surface area contributed by atoms with Crippen LogP contribution >= 0.6 is 22.9 Å². The number of carbonyl (C=O) groups is 1. The molecule has 2 aromatic heterocycles. The number of benzene rings is 1. The molecule has 6 nitrogen and oxygen atoms in total. The highest BCUT2D eigenvalue weighted by Crippen LogP contribution is 2.40. The fourth-order valence-electron chi connectivity index (χ4n) is 3.29. The molecule has 0 aliphatic heterocycles. The summed E-state index contributed by atoms with van der Waals surface area (Å²) in [5.41, 5.74) is 7.98. The molecular formula is C22H19ClFN5OS. The van der Waals surface area contributed by atoms with Crippen molar-refractivity contribution in [1.29, 1.82) is 0 Å². The fraction of sp³-hybridized carbons (Fsp3) is 0.136. The molecule has 1 aliphatic carbocycles. The third-order valence-electron chi connectivity index (χ3n) is 4.68. The maximum absolute atomic E-state index is 15.5. The van der Waals surface area contributed by atoms with Crippen LogP contribution in [0.5, 0.6) is 0 Å². The van der Waals surface area contributed by atoms with Crippen LogP contribution in [0.1, 0.15) is 15.8 Å². The molecule has 4 rings (SSSR count). The van der Waals surface area contributed by atoms with Crippen LogP contribution < -0.4 is 16.4 Å². The van der Waals surface area contributed by atoms with E-state index in [-0.39, 0.29) is 5.70 Å². The highest BCUT2D eigenvalue weighted by Gasteiger charge is 2.31. The number of alkyl halides is 1. The Morgan fingerprint density at radius 1 is 1.23 bits per heavy atom. The van der Waals surface area contributed by atoms with Gasteiger partial charge in [-0.1, -0.05) is 23.8 Å². The smallest absolute Gasteiger partial charge is 0.323 e. The van der Waals surface area contributed by atoms with Crippen molar-refractivity contribution in [2.75, 3.05) is 11.1 Å². The number of urea groups is 1. The van der Waals surface area contributed by atoms with Crippen LogP contribution in [0.3, 0.4) is 0 Å². The van der Waals surface area contributed by atoms with Crippen LogP contribution in [0.15, 0.2) is 66.5 Å². The monoisotopic (exact) mass is 455 g/mol. The number of aryl methyl sites for hydroxylation is 1. The van der Waals surface area contributed by atoms with E-state index in [4.69, 9.17) is 17.3 Å². The predicted octanol–water partition coefficient (Wildman–Crippen LogP) is 5.45. The van der Waals surface area contributed by atoms with Crippen LogP contribution in [-0.4, -0.2) is 22.2 Å². The molecule has 2 heterocycles. The molecule has 4 N–H and O–H groups in total.